The molecule has 5 heteroatoms. The van der Waals surface area contributed by atoms with Crippen LogP contribution < -0.4 is 15.4 Å². The van der Waals surface area contributed by atoms with E-state index in [-0.39, 0.29) is 11.8 Å². The molecule has 2 aliphatic rings. The lowest BCUT2D eigenvalue weighted by molar-refractivity contribution is -0.122. The van der Waals surface area contributed by atoms with Crippen molar-refractivity contribution in [3.8, 4) is 5.75 Å². The predicted molar refractivity (Wildman–Crippen MR) is 77.5 cm³/mol. The third-order valence-corrected chi connectivity index (χ3v) is 4.91. The van der Waals surface area contributed by atoms with Gasteiger partial charge in [0, 0.05) is 35.5 Å². The Bertz CT molecular complexity index is 510. The van der Waals surface area contributed by atoms with Crippen LogP contribution in [-0.4, -0.2) is 25.6 Å². The minimum absolute atomic E-state index is 0.0350. The van der Waals surface area contributed by atoms with Crippen LogP contribution in [0.5, 0.6) is 5.75 Å². The zero-order chi connectivity index (χ0) is 13.4. The number of amides is 1. The number of piperidine rings is 1. The standard InChI is InChI=1S/C14H17BrN2O2/c15-13-10-5-8-19-12(10)2-1-11(13)17-6-3-9(4-7-17)14(16)18/h1-2,9H,3-8H2,(H2,16,18). The summed E-state index contributed by atoms with van der Waals surface area (Å²) in [6.45, 7) is 2.53. The molecule has 0 unspecified atom stereocenters. The fraction of sp³-hybridized carbons (Fsp3) is 0.500. The van der Waals surface area contributed by atoms with Crippen LogP contribution in [0.1, 0.15) is 18.4 Å². The number of hydrogen-bond acceptors (Lipinski definition) is 3. The second kappa shape index (κ2) is 5.04. The smallest absolute Gasteiger partial charge is 0.220 e. The molecule has 2 N–H and O–H groups in total. The zero-order valence-corrected chi connectivity index (χ0v) is 12.3. The van der Waals surface area contributed by atoms with Crippen molar-refractivity contribution in [3.05, 3.63) is 22.2 Å². The van der Waals surface area contributed by atoms with Gasteiger partial charge in [-0.05, 0) is 40.9 Å². The highest BCUT2D eigenvalue weighted by atomic mass is 79.9. The van der Waals surface area contributed by atoms with Gasteiger partial charge in [0.25, 0.3) is 0 Å². The molecule has 0 radical (unpaired) electrons. The van der Waals surface area contributed by atoms with Gasteiger partial charge in [-0.15, -0.1) is 0 Å². The molecule has 1 amide bonds. The van der Waals surface area contributed by atoms with Crippen molar-refractivity contribution < 1.29 is 9.53 Å². The van der Waals surface area contributed by atoms with Gasteiger partial charge in [0.1, 0.15) is 5.75 Å². The molecule has 0 aliphatic carbocycles. The number of primary amides is 1. The van der Waals surface area contributed by atoms with Crippen molar-refractivity contribution in [1.82, 2.24) is 0 Å². The van der Waals surface area contributed by atoms with Gasteiger partial charge in [0.05, 0.1) is 12.3 Å². The van der Waals surface area contributed by atoms with E-state index >= 15 is 0 Å². The maximum Gasteiger partial charge on any atom is 0.220 e. The average molecular weight is 325 g/mol. The van der Waals surface area contributed by atoms with Gasteiger partial charge in [-0.2, -0.15) is 0 Å². The molecule has 1 aromatic rings. The zero-order valence-electron chi connectivity index (χ0n) is 10.7. The Morgan fingerprint density at radius 1 is 1.37 bits per heavy atom. The summed E-state index contributed by atoms with van der Waals surface area (Å²) in [5.74, 6) is 0.858. The minimum atomic E-state index is -0.166. The first kappa shape index (κ1) is 12.8. The number of halogens is 1. The maximum atomic E-state index is 11.2. The van der Waals surface area contributed by atoms with Crippen LogP contribution >= 0.6 is 15.9 Å². The van der Waals surface area contributed by atoms with Gasteiger partial charge in [-0.25, -0.2) is 0 Å². The second-order valence-electron chi connectivity index (χ2n) is 5.14. The van der Waals surface area contributed by atoms with Gasteiger partial charge in [-0.1, -0.05) is 0 Å². The summed E-state index contributed by atoms with van der Waals surface area (Å²) >= 11 is 3.70. The molecule has 3 rings (SSSR count). The lowest BCUT2D eigenvalue weighted by atomic mass is 9.96. The van der Waals surface area contributed by atoms with E-state index in [1.807, 2.05) is 6.07 Å². The Kier molecular flexibility index (Phi) is 3.39. The maximum absolute atomic E-state index is 11.2. The highest BCUT2D eigenvalue weighted by Crippen LogP contribution is 2.39. The molecular formula is C14H17BrN2O2. The van der Waals surface area contributed by atoms with Crippen molar-refractivity contribution >= 4 is 27.5 Å². The Hall–Kier alpha value is -1.23. The summed E-state index contributed by atoms with van der Waals surface area (Å²) in [7, 11) is 0. The number of ether oxygens (including phenoxy) is 1. The summed E-state index contributed by atoms with van der Waals surface area (Å²) in [6, 6.07) is 4.14. The number of benzene rings is 1. The SMILES string of the molecule is NC(=O)C1CCN(c2ccc3c(c2Br)CCO3)CC1. The molecule has 1 fully saturated rings. The number of nitrogens with zero attached hydrogens (tertiary/aromatic N) is 1. The Balaban J connectivity index is 1.79. The van der Waals surface area contributed by atoms with E-state index in [0.717, 1.165) is 49.2 Å². The highest BCUT2D eigenvalue weighted by Gasteiger charge is 2.26. The number of carbonyl (C=O) groups excluding carboxylic acids is 1. The van der Waals surface area contributed by atoms with Gasteiger partial charge in [0.2, 0.25) is 5.91 Å². The Morgan fingerprint density at radius 2 is 2.11 bits per heavy atom. The van der Waals surface area contributed by atoms with Crippen molar-refractivity contribution in [2.24, 2.45) is 11.7 Å². The van der Waals surface area contributed by atoms with Crippen molar-refractivity contribution in [2.75, 3.05) is 24.6 Å². The Labute approximate surface area is 121 Å². The second-order valence-corrected chi connectivity index (χ2v) is 5.93. The lowest BCUT2D eigenvalue weighted by Crippen LogP contribution is -2.38. The van der Waals surface area contributed by atoms with E-state index in [0.29, 0.717) is 0 Å². The lowest BCUT2D eigenvalue weighted by Gasteiger charge is -2.33. The molecular weight excluding hydrogens is 308 g/mol. The normalized spacial score (nSPS) is 19.1. The number of rotatable bonds is 2. The van der Waals surface area contributed by atoms with E-state index in [4.69, 9.17) is 10.5 Å². The minimum Gasteiger partial charge on any atom is -0.493 e. The van der Waals surface area contributed by atoms with Gasteiger partial charge >= 0.3 is 0 Å². The number of nitrogens with two attached hydrogens (primary N) is 1. The molecule has 0 saturated carbocycles. The topological polar surface area (TPSA) is 55.6 Å². The van der Waals surface area contributed by atoms with Crippen LogP contribution in [-0.2, 0) is 11.2 Å². The fourth-order valence-electron chi connectivity index (χ4n) is 2.87. The van der Waals surface area contributed by atoms with E-state index < -0.39 is 0 Å². The van der Waals surface area contributed by atoms with Crippen LogP contribution in [0.15, 0.2) is 16.6 Å². The summed E-state index contributed by atoms with van der Waals surface area (Å²) < 4.78 is 6.70. The van der Waals surface area contributed by atoms with E-state index in [1.54, 1.807) is 0 Å². The van der Waals surface area contributed by atoms with Crippen LogP contribution in [0, 0.1) is 5.92 Å². The number of carbonyl (C=O) groups is 1. The van der Waals surface area contributed by atoms with Gasteiger partial charge in [-0.3, -0.25) is 4.79 Å². The average Bonchev–Trinajstić information content (AvgIpc) is 2.88. The molecule has 0 atom stereocenters. The molecule has 19 heavy (non-hydrogen) atoms. The van der Waals surface area contributed by atoms with E-state index in [9.17, 15) is 4.79 Å². The summed E-state index contributed by atoms with van der Waals surface area (Å²) in [6.07, 6.45) is 2.65. The third kappa shape index (κ3) is 2.31. The van der Waals surface area contributed by atoms with Crippen molar-refractivity contribution in [2.45, 2.75) is 19.3 Å². The van der Waals surface area contributed by atoms with Gasteiger partial charge in [0.15, 0.2) is 0 Å². The Morgan fingerprint density at radius 3 is 2.79 bits per heavy atom. The molecule has 1 aromatic carbocycles. The molecule has 2 heterocycles. The van der Waals surface area contributed by atoms with Gasteiger partial charge < -0.3 is 15.4 Å². The fourth-order valence-corrected chi connectivity index (χ4v) is 3.65. The summed E-state index contributed by atoms with van der Waals surface area (Å²) in [5, 5.41) is 0. The third-order valence-electron chi connectivity index (χ3n) is 4.03. The molecule has 1 saturated heterocycles. The number of hydrogen-bond donors (Lipinski definition) is 1. The quantitative estimate of drug-likeness (QED) is 0.906. The number of anilines is 1. The number of fused-ring (bicyclic) bond motifs is 1. The summed E-state index contributed by atoms with van der Waals surface area (Å²) in [5.41, 5.74) is 7.83. The van der Waals surface area contributed by atoms with Crippen molar-refractivity contribution in [1.29, 1.82) is 0 Å². The molecule has 2 aliphatic heterocycles. The van der Waals surface area contributed by atoms with Crippen LogP contribution in [0.25, 0.3) is 0 Å². The van der Waals surface area contributed by atoms with Crippen LogP contribution in [0.3, 0.4) is 0 Å². The first-order valence-corrected chi connectivity index (χ1v) is 7.44. The highest BCUT2D eigenvalue weighted by molar-refractivity contribution is 9.10. The predicted octanol–water partition coefficient (Wildman–Crippen LogP) is 2.09. The first-order valence-electron chi connectivity index (χ1n) is 6.65. The monoisotopic (exact) mass is 324 g/mol. The van der Waals surface area contributed by atoms with Crippen LogP contribution in [0.4, 0.5) is 5.69 Å². The molecule has 0 aromatic heterocycles. The molecule has 4 nitrogen and oxygen atoms in total. The summed E-state index contributed by atoms with van der Waals surface area (Å²) in [4.78, 5) is 13.5. The van der Waals surface area contributed by atoms with E-state index in [1.165, 1.54) is 11.3 Å². The van der Waals surface area contributed by atoms with E-state index in [2.05, 4.69) is 26.9 Å². The largest absolute Gasteiger partial charge is 0.493 e. The molecule has 102 valence electrons. The van der Waals surface area contributed by atoms with Crippen molar-refractivity contribution in [3.63, 3.8) is 0 Å². The van der Waals surface area contributed by atoms with Crippen LogP contribution in [0.2, 0.25) is 0 Å². The first-order chi connectivity index (χ1) is 9.16. The molecule has 0 spiro atoms. The molecule has 0 bridgehead atoms.